The van der Waals surface area contributed by atoms with Gasteiger partial charge in [0, 0.05) is 37.4 Å². The Morgan fingerprint density at radius 3 is 2.81 bits per heavy atom. The van der Waals surface area contributed by atoms with E-state index in [1.165, 1.54) is 18.5 Å². The number of pyridine rings is 2. The highest BCUT2D eigenvalue weighted by atomic mass is 32.1. The summed E-state index contributed by atoms with van der Waals surface area (Å²) in [4.78, 5) is 18.4. The molecule has 0 amide bonds. The van der Waals surface area contributed by atoms with E-state index >= 15 is 0 Å². The average Bonchev–Trinajstić information content (AvgIpc) is 3.15. The largest absolute Gasteiger partial charge is 0.325 e. The number of hydrogen-bond acceptors (Lipinski definition) is 7. The molecule has 0 bridgehead atoms. The highest BCUT2D eigenvalue weighted by Crippen LogP contribution is 2.22. The minimum absolute atomic E-state index is 0.776. The molecule has 1 saturated heterocycles. The Kier molecular flexibility index (Phi) is 5.72. The molecular formula is C20H24N6S. The van der Waals surface area contributed by atoms with Gasteiger partial charge in [0.2, 0.25) is 0 Å². The van der Waals surface area contributed by atoms with Crippen LogP contribution in [0.5, 0.6) is 0 Å². The van der Waals surface area contributed by atoms with Crippen molar-refractivity contribution in [3.63, 3.8) is 0 Å². The lowest BCUT2D eigenvalue weighted by Gasteiger charge is -2.20. The Hall–Kier alpha value is -2.35. The van der Waals surface area contributed by atoms with Gasteiger partial charge in [-0.1, -0.05) is 12.1 Å². The van der Waals surface area contributed by atoms with Gasteiger partial charge in [0.05, 0.1) is 0 Å². The van der Waals surface area contributed by atoms with Crippen LogP contribution in [-0.2, 0) is 6.54 Å². The van der Waals surface area contributed by atoms with Crippen molar-refractivity contribution in [1.29, 1.82) is 0 Å². The van der Waals surface area contributed by atoms with Crippen LogP contribution in [-0.4, -0.2) is 58.0 Å². The lowest BCUT2D eigenvalue weighted by molar-refractivity contribution is 0.269. The van der Waals surface area contributed by atoms with E-state index in [1.807, 2.05) is 35.8 Å². The summed E-state index contributed by atoms with van der Waals surface area (Å²) in [6, 6.07) is 10.1. The summed E-state index contributed by atoms with van der Waals surface area (Å²) in [5.74, 6) is 1.58. The Bertz CT molecular complexity index is 849. The maximum Gasteiger partial charge on any atom is 0.141 e. The third kappa shape index (κ3) is 4.88. The molecule has 140 valence electrons. The van der Waals surface area contributed by atoms with Crippen LogP contribution in [0.3, 0.4) is 0 Å². The number of nitrogens with zero attached hydrogens (tertiary/aromatic N) is 5. The highest BCUT2D eigenvalue weighted by molar-refractivity contribution is 7.13. The normalized spacial score (nSPS) is 16.2. The fourth-order valence-corrected chi connectivity index (χ4v) is 3.82. The monoisotopic (exact) mass is 380 g/mol. The molecule has 6 nitrogen and oxygen atoms in total. The van der Waals surface area contributed by atoms with E-state index in [0.717, 1.165) is 48.5 Å². The molecule has 0 unspecified atom stereocenters. The second-order valence-corrected chi connectivity index (χ2v) is 7.75. The van der Waals surface area contributed by atoms with E-state index in [2.05, 4.69) is 43.2 Å². The highest BCUT2D eigenvalue weighted by Gasteiger charge is 2.12. The second kappa shape index (κ2) is 8.56. The average molecular weight is 381 g/mol. The van der Waals surface area contributed by atoms with Crippen molar-refractivity contribution in [2.24, 2.45) is 0 Å². The summed E-state index contributed by atoms with van der Waals surface area (Å²) in [5.41, 5.74) is 2.12. The molecule has 0 aliphatic carbocycles. The molecule has 4 heterocycles. The first-order valence-electron chi connectivity index (χ1n) is 9.26. The fraction of sp³-hybridized carbons (Fsp3) is 0.350. The number of hydrogen-bond donors (Lipinski definition) is 1. The first-order valence-corrected chi connectivity index (χ1v) is 10.1. The molecular weight excluding hydrogens is 356 g/mol. The van der Waals surface area contributed by atoms with Gasteiger partial charge in [-0.05, 0) is 50.3 Å². The summed E-state index contributed by atoms with van der Waals surface area (Å²) in [6.45, 7) is 5.54. The predicted molar refractivity (Wildman–Crippen MR) is 110 cm³/mol. The first kappa shape index (κ1) is 18.0. The molecule has 1 aliphatic heterocycles. The second-order valence-electron chi connectivity index (χ2n) is 6.85. The maximum atomic E-state index is 4.63. The number of anilines is 2. The first-order chi connectivity index (χ1) is 13.3. The number of thiazole rings is 1. The zero-order valence-electron chi connectivity index (χ0n) is 15.5. The van der Waals surface area contributed by atoms with Crippen LogP contribution in [0, 0.1) is 0 Å². The third-order valence-electron chi connectivity index (χ3n) is 4.70. The summed E-state index contributed by atoms with van der Waals surface area (Å²) in [6.07, 6.45) is 4.98. The number of rotatable bonds is 5. The molecule has 4 rings (SSSR count). The summed E-state index contributed by atoms with van der Waals surface area (Å²) >= 11 is 1.59. The van der Waals surface area contributed by atoms with Gasteiger partial charge in [-0.25, -0.2) is 15.0 Å². The quantitative estimate of drug-likeness (QED) is 0.731. The van der Waals surface area contributed by atoms with Crippen molar-refractivity contribution in [3.8, 4) is 10.7 Å². The van der Waals surface area contributed by atoms with Crippen LogP contribution < -0.4 is 5.32 Å². The van der Waals surface area contributed by atoms with Gasteiger partial charge in [0.25, 0.3) is 0 Å². The SMILES string of the molecule is CN1CCCN(Cc2ccc(Nc3cccc(-c4nccs4)n3)nc2)CC1. The minimum atomic E-state index is 0.776. The summed E-state index contributed by atoms with van der Waals surface area (Å²) in [7, 11) is 2.20. The summed E-state index contributed by atoms with van der Waals surface area (Å²) in [5, 5.41) is 6.17. The van der Waals surface area contributed by atoms with Crippen LogP contribution in [0.15, 0.2) is 48.1 Å². The maximum absolute atomic E-state index is 4.63. The Morgan fingerprint density at radius 1 is 1.04 bits per heavy atom. The predicted octanol–water partition coefficient (Wildman–Crippen LogP) is 3.48. The summed E-state index contributed by atoms with van der Waals surface area (Å²) < 4.78 is 0. The van der Waals surface area contributed by atoms with Crippen molar-refractivity contribution in [3.05, 3.63) is 53.7 Å². The van der Waals surface area contributed by atoms with Crippen LogP contribution in [0.2, 0.25) is 0 Å². The van der Waals surface area contributed by atoms with E-state index in [9.17, 15) is 0 Å². The van der Waals surface area contributed by atoms with Crippen molar-refractivity contribution in [1.82, 2.24) is 24.8 Å². The van der Waals surface area contributed by atoms with Crippen LogP contribution in [0.25, 0.3) is 10.7 Å². The van der Waals surface area contributed by atoms with Crippen LogP contribution >= 0.6 is 11.3 Å². The van der Waals surface area contributed by atoms with Gasteiger partial charge in [0.15, 0.2) is 0 Å². The van der Waals surface area contributed by atoms with Gasteiger partial charge in [0.1, 0.15) is 22.3 Å². The lowest BCUT2D eigenvalue weighted by Crippen LogP contribution is -2.28. The molecule has 27 heavy (non-hydrogen) atoms. The Balaban J connectivity index is 1.39. The van der Waals surface area contributed by atoms with Crippen LogP contribution in [0.4, 0.5) is 11.6 Å². The fourth-order valence-electron chi connectivity index (χ4n) is 3.21. The van der Waals surface area contributed by atoms with E-state index in [-0.39, 0.29) is 0 Å². The molecule has 0 atom stereocenters. The molecule has 0 aromatic carbocycles. The molecule has 1 aliphatic rings. The number of aromatic nitrogens is 3. The van der Waals surface area contributed by atoms with E-state index in [1.54, 1.807) is 17.5 Å². The molecule has 3 aromatic heterocycles. The van der Waals surface area contributed by atoms with Gasteiger partial charge in [-0.15, -0.1) is 11.3 Å². The van der Waals surface area contributed by atoms with E-state index in [4.69, 9.17) is 0 Å². The molecule has 1 fully saturated rings. The van der Waals surface area contributed by atoms with Gasteiger partial charge in [-0.2, -0.15) is 0 Å². The zero-order chi connectivity index (χ0) is 18.5. The molecule has 1 N–H and O–H groups in total. The molecule has 0 saturated carbocycles. The van der Waals surface area contributed by atoms with E-state index < -0.39 is 0 Å². The number of nitrogens with one attached hydrogen (secondary N) is 1. The zero-order valence-corrected chi connectivity index (χ0v) is 16.3. The van der Waals surface area contributed by atoms with Crippen molar-refractivity contribution < 1.29 is 0 Å². The van der Waals surface area contributed by atoms with Gasteiger partial charge < -0.3 is 10.2 Å². The smallest absolute Gasteiger partial charge is 0.141 e. The molecule has 3 aromatic rings. The third-order valence-corrected chi connectivity index (χ3v) is 5.50. The molecule has 0 radical (unpaired) electrons. The Morgan fingerprint density at radius 2 is 2.00 bits per heavy atom. The van der Waals surface area contributed by atoms with Crippen LogP contribution in [0.1, 0.15) is 12.0 Å². The molecule has 7 heteroatoms. The van der Waals surface area contributed by atoms with Crippen molar-refractivity contribution in [2.45, 2.75) is 13.0 Å². The lowest BCUT2D eigenvalue weighted by atomic mass is 10.2. The van der Waals surface area contributed by atoms with Crippen molar-refractivity contribution in [2.75, 3.05) is 38.5 Å². The standard InChI is InChI=1S/C20H24N6S/c1-25-9-3-10-26(12-11-25)15-16-6-7-18(22-14-16)24-19-5-2-4-17(23-19)20-21-8-13-27-20/h2,4-8,13-14H,3,9-12,15H2,1H3,(H,22,23,24). The van der Waals surface area contributed by atoms with Crippen molar-refractivity contribution >= 4 is 23.0 Å². The number of likely N-dealkylation sites (N-methyl/N-ethyl adjacent to an activating group) is 1. The minimum Gasteiger partial charge on any atom is -0.325 e. The van der Waals surface area contributed by atoms with Gasteiger partial charge in [-0.3, -0.25) is 4.90 Å². The molecule has 0 spiro atoms. The van der Waals surface area contributed by atoms with Gasteiger partial charge >= 0.3 is 0 Å². The topological polar surface area (TPSA) is 57.2 Å². The van der Waals surface area contributed by atoms with E-state index in [0.29, 0.717) is 0 Å². The Labute approximate surface area is 163 Å².